The molecule has 4 aromatic rings. The van der Waals surface area contributed by atoms with Crippen molar-refractivity contribution in [1.29, 1.82) is 0 Å². The number of ether oxygens (including phenoxy) is 1. The Morgan fingerprint density at radius 2 is 1.67 bits per heavy atom. The Hall–Kier alpha value is -2.81. The van der Waals surface area contributed by atoms with E-state index in [-0.39, 0.29) is 5.63 Å². The van der Waals surface area contributed by atoms with E-state index in [1.165, 1.54) is 0 Å². The van der Waals surface area contributed by atoms with E-state index in [4.69, 9.17) is 9.15 Å². The number of fused-ring (bicyclic) bond motifs is 5. The second-order valence-corrected chi connectivity index (χ2v) is 4.96. The molecule has 1 heterocycles. The summed E-state index contributed by atoms with van der Waals surface area (Å²) < 4.78 is 10.8. The van der Waals surface area contributed by atoms with Crippen molar-refractivity contribution in [3.05, 3.63) is 65.0 Å². The molecule has 3 aromatic carbocycles. The number of methoxy groups -OCH3 is 1. The molecule has 0 saturated heterocycles. The molecule has 1 aromatic heterocycles. The third kappa shape index (κ3) is 1.71. The van der Waals surface area contributed by atoms with Gasteiger partial charge in [0, 0.05) is 10.8 Å². The molecular formula is C18H12O3. The molecule has 0 saturated carbocycles. The number of hydrogen-bond acceptors (Lipinski definition) is 3. The van der Waals surface area contributed by atoms with Crippen molar-refractivity contribution in [3.8, 4) is 5.75 Å². The van der Waals surface area contributed by atoms with E-state index in [1.807, 2.05) is 48.5 Å². The minimum atomic E-state index is -0.305. The predicted molar refractivity (Wildman–Crippen MR) is 84.0 cm³/mol. The molecule has 3 heteroatoms. The fourth-order valence-electron chi connectivity index (χ4n) is 2.80. The predicted octanol–water partition coefficient (Wildman–Crippen LogP) is 4.11. The topological polar surface area (TPSA) is 39.4 Å². The van der Waals surface area contributed by atoms with Crippen LogP contribution in [0.4, 0.5) is 0 Å². The van der Waals surface area contributed by atoms with Gasteiger partial charge in [0.05, 0.1) is 12.5 Å². The minimum absolute atomic E-state index is 0.305. The van der Waals surface area contributed by atoms with E-state index in [0.717, 1.165) is 27.3 Å². The quantitative estimate of drug-likeness (QED) is 0.388. The monoisotopic (exact) mass is 276 g/mol. The molecule has 0 spiro atoms. The molecule has 3 nitrogen and oxygen atoms in total. The second-order valence-electron chi connectivity index (χ2n) is 4.96. The zero-order valence-electron chi connectivity index (χ0n) is 11.4. The molecule has 0 aliphatic heterocycles. The van der Waals surface area contributed by atoms with Crippen LogP contribution in [0.25, 0.3) is 32.5 Å². The Labute approximate surface area is 120 Å². The van der Waals surface area contributed by atoms with Crippen LogP contribution >= 0.6 is 0 Å². The van der Waals surface area contributed by atoms with Gasteiger partial charge in [-0.05, 0) is 35.0 Å². The molecule has 0 bridgehead atoms. The Balaban J connectivity index is 2.33. The lowest BCUT2D eigenvalue weighted by Gasteiger charge is -2.08. The Morgan fingerprint density at radius 1 is 0.905 bits per heavy atom. The van der Waals surface area contributed by atoms with Crippen LogP contribution < -0.4 is 10.4 Å². The lowest BCUT2D eigenvalue weighted by molar-refractivity contribution is 0.415. The highest BCUT2D eigenvalue weighted by atomic mass is 16.5. The highest BCUT2D eigenvalue weighted by Gasteiger charge is 2.10. The zero-order valence-corrected chi connectivity index (χ0v) is 11.4. The third-order valence-electron chi connectivity index (χ3n) is 3.81. The molecule has 0 unspecified atom stereocenters. The first-order valence-corrected chi connectivity index (χ1v) is 6.70. The smallest absolute Gasteiger partial charge is 0.344 e. The van der Waals surface area contributed by atoms with Crippen LogP contribution in [0.1, 0.15) is 0 Å². The van der Waals surface area contributed by atoms with E-state index in [2.05, 4.69) is 0 Å². The van der Waals surface area contributed by atoms with Gasteiger partial charge < -0.3 is 9.15 Å². The molecule has 4 rings (SSSR count). The van der Waals surface area contributed by atoms with Crippen LogP contribution in [-0.2, 0) is 0 Å². The van der Waals surface area contributed by atoms with E-state index in [0.29, 0.717) is 11.0 Å². The summed E-state index contributed by atoms with van der Waals surface area (Å²) in [4.78, 5) is 12.1. The van der Waals surface area contributed by atoms with E-state index in [1.54, 1.807) is 13.2 Å². The molecule has 0 aliphatic carbocycles. The lowest BCUT2D eigenvalue weighted by Crippen LogP contribution is -1.99. The maximum atomic E-state index is 12.1. The molecule has 0 radical (unpaired) electrons. The maximum Gasteiger partial charge on any atom is 0.344 e. The maximum absolute atomic E-state index is 12.1. The van der Waals surface area contributed by atoms with E-state index < -0.39 is 0 Å². The first kappa shape index (κ1) is 12.0. The number of rotatable bonds is 1. The van der Waals surface area contributed by atoms with Gasteiger partial charge in [-0.2, -0.15) is 0 Å². The summed E-state index contributed by atoms with van der Waals surface area (Å²) in [5.74, 6) is 0.783. The fourth-order valence-corrected chi connectivity index (χ4v) is 2.80. The average Bonchev–Trinajstić information content (AvgIpc) is 2.54. The van der Waals surface area contributed by atoms with E-state index >= 15 is 0 Å². The SMILES string of the molecule is COc1ccc2ccc3oc(=O)c4ccccc4c3c2c1. The van der Waals surface area contributed by atoms with Crippen molar-refractivity contribution in [2.24, 2.45) is 0 Å². The molecule has 0 N–H and O–H groups in total. The van der Waals surface area contributed by atoms with Gasteiger partial charge in [-0.15, -0.1) is 0 Å². The molecular weight excluding hydrogens is 264 g/mol. The summed E-state index contributed by atoms with van der Waals surface area (Å²) >= 11 is 0. The molecule has 21 heavy (non-hydrogen) atoms. The van der Waals surface area contributed by atoms with Crippen LogP contribution in [-0.4, -0.2) is 7.11 Å². The van der Waals surface area contributed by atoms with Gasteiger partial charge in [0.1, 0.15) is 11.3 Å². The van der Waals surface area contributed by atoms with Crippen molar-refractivity contribution in [3.63, 3.8) is 0 Å². The van der Waals surface area contributed by atoms with Crippen molar-refractivity contribution in [2.75, 3.05) is 7.11 Å². The lowest BCUT2D eigenvalue weighted by atomic mass is 10.0. The summed E-state index contributed by atoms with van der Waals surface area (Å²) in [7, 11) is 1.64. The van der Waals surface area contributed by atoms with Crippen molar-refractivity contribution < 1.29 is 9.15 Å². The fraction of sp³-hybridized carbons (Fsp3) is 0.0556. The molecule has 0 amide bonds. The standard InChI is InChI=1S/C18H12O3/c1-20-12-8-6-11-7-9-16-17(15(11)10-12)13-4-2-3-5-14(13)18(19)21-16/h2-10H,1H3. The van der Waals surface area contributed by atoms with Crippen LogP contribution in [0.5, 0.6) is 5.75 Å². The van der Waals surface area contributed by atoms with Crippen molar-refractivity contribution >= 4 is 32.5 Å². The first-order valence-electron chi connectivity index (χ1n) is 6.70. The minimum Gasteiger partial charge on any atom is -0.497 e. The Morgan fingerprint density at radius 3 is 2.48 bits per heavy atom. The van der Waals surface area contributed by atoms with Crippen molar-refractivity contribution in [2.45, 2.75) is 0 Å². The molecule has 102 valence electrons. The average molecular weight is 276 g/mol. The van der Waals surface area contributed by atoms with Crippen LogP contribution in [0.15, 0.2) is 63.8 Å². The Kier molecular flexibility index (Phi) is 2.48. The highest BCUT2D eigenvalue weighted by molar-refractivity contribution is 6.18. The molecule has 0 fully saturated rings. The van der Waals surface area contributed by atoms with Gasteiger partial charge in [-0.1, -0.05) is 30.3 Å². The van der Waals surface area contributed by atoms with Crippen LogP contribution in [0.2, 0.25) is 0 Å². The van der Waals surface area contributed by atoms with Gasteiger partial charge >= 0.3 is 5.63 Å². The Bertz CT molecular complexity index is 1040. The first-order chi connectivity index (χ1) is 10.3. The van der Waals surface area contributed by atoms with Crippen molar-refractivity contribution in [1.82, 2.24) is 0 Å². The van der Waals surface area contributed by atoms with Gasteiger partial charge in [0.15, 0.2) is 0 Å². The van der Waals surface area contributed by atoms with Gasteiger partial charge in [0.2, 0.25) is 0 Å². The zero-order chi connectivity index (χ0) is 14.4. The van der Waals surface area contributed by atoms with Gasteiger partial charge in [-0.3, -0.25) is 0 Å². The largest absolute Gasteiger partial charge is 0.497 e. The summed E-state index contributed by atoms with van der Waals surface area (Å²) in [5, 5.41) is 4.55. The summed E-state index contributed by atoms with van der Waals surface area (Å²) in [5.41, 5.74) is 0.291. The summed E-state index contributed by atoms with van der Waals surface area (Å²) in [6.45, 7) is 0. The van der Waals surface area contributed by atoms with E-state index in [9.17, 15) is 4.79 Å². The van der Waals surface area contributed by atoms with Crippen LogP contribution in [0, 0.1) is 0 Å². The number of hydrogen-bond donors (Lipinski definition) is 0. The van der Waals surface area contributed by atoms with Gasteiger partial charge in [-0.25, -0.2) is 4.79 Å². The number of benzene rings is 3. The van der Waals surface area contributed by atoms with Crippen LogP contribution in [0.3, 0.4) is 0 Å². The highest BCUT2D eigenvalue weighted by Crippen LogP contribution is 2.32. The molecule has 0 atom stereocenters. The third-order valence-corrected chi connectivity index (χ3v) is 3.81. The second kappa shape index (κ2) is 4.35. The summed E-state index contributed by atoms with van der Waals surface area (Å²) in [6, 6.07) is 17.2. The molecule has 0 aliphatic rings. The van der Waals surface area contributed by atoms with Gasteiger partial charge in [0.25, 0.3) is 0 Å². The summed E-state index contributed by atoms with van der Waals surface area (Å²) in [6.07, 6.45) is 0. The normalized spacial score (nSPS) is 11.3.